The molecule has 0 aromatic carbocycles. The van der Waals surface area contributed by atoms with Crippen LogP contribution in [0.4, 0.5) is 16.7 Å². The van der Waals surface area contributed by atoms with Crippen LogP contribution in [-0.2, 0) is 11.3 Å². The maximum Gasteiger partial charge on any atom is 0.326 e. The Hall–Kier alpha value is -3.96. The summed E-state index contributed by atoms with van der Waals surface area (Å²) in [4.78, 5) is 32.2. The number of hydrogen-bond donors (Lipinski definition) is 4. The molecule has 0 bridgehead atoms. The highest BCUT2D eigenvalue weighted by atomic mass is 16.5. The van der Waals surface area contributed by atoms with E-state index in [0.717, 1.165) is 24.3 Å². The van der Waals surface area contributed by atoms with Gasteiger partial charge in [0, 0.05) is 17.7 Å². The van der Waals surface area contributed by atoms with E-state index in [1.165, 1.54) is 6.08 Å². The molecule has 3 aromatic heterocycles. The average Bonchev–Trinajstić information content (AvgIpc) is 3.10. The highest BCUT2D eigenvalue weighted by Crippen LogP contribution is 2.25. The number of imide groups is 1. The molecule has 29 heavy (non-hydrogen) atoms. The fourth-order valence-corrected chi connectivity index (χ4v) is 2.89. The molecule has 1 aliphatic heterocycles. The topological polar surface area (TPSA) is 151 Å². The summed E-state index contributed by atoms with van der Waals surface area (Å²) in [5.41, 5.74) is 1.92. The minimum Gasteiger partial charge on any atom is -0.361 e. The summed E-state index contributed by atoms with van der Waals surface area (Å²) in [6.45, 7) is 2.21. The number of aromatic nitrogens is 5. The van der Waals surface area contributed by atoms with Gasteiger partial charge in [0.05, 0.1) is 12.7 Å². The number of rotatable bonds is 6. The smallest absolute Gasteiger partial charge is 0.326 e. The van der Waals surface area contributed by atoms with E-state index in [1.54, 1.807) is 10.7 Å². The number of aryl methyl sites for hydroxylation is 1. The lowest BCUT2D eigenvalue weighted by atomic mass is 10.2. The lowest BCUT2D eigenvalue weighted by Gasteiger charge is -2.09. The highest BCUT2D eigenvalue weighted by molar-refractivity contribution is 6.14. The third-order valence-electron chi connectivity index (χ3n) is 4.43. The minimum atomic E-state index is -0.561. The van der Waals surface area contributed by atoms with Crippen LogP contribution in [0.3, 0.4) is 0 Å². The van der Waals surface area contributed by atoms with E-state index in [4.69, 9.17) is 4.52 Å². The second-order valence-corrected chi connectivity index (χ2v) is 6.87. The molecule has 3 amide bonds. The number of nitrogens with one attached hydrogen (secondary N) is 4. The van der Waals surface area contributed by atoms with Gasteiger partial charge in [0.25, 0.3) is 5.91 Å². The van der Waals surface area contributed by atoms with Crippen molar-refractivity contribution in [1.82, 2.24) is 35.4 Å². The van der Waals surface area contributed by atoms with E-state index >= 15 is 0 Å². The van der Waals surface area contributed by atoms with Crippen molar-refractivity contribution in [2.24, 2.45) is 0 Å². The van der Waals surface area contributed by atoms with E-state index in [2.05, 4.69) is 41.5 Å². The van der Waals surface area contributed by atoms with Gasteiger partial charge in [-0.05, 0) is 25.8 Å². The maximum atomic E-state index is 11.8. The standard InChI is InChI=1S/C17H17N9O3/c1-8-4-11(25-29-8)7-18-15-22-13-9(5-12-14(27)23-17(28)21-12)6-19-26(13)16(24-15)20-10-2-3-10/h4-6,10H,2-3,7H2,1H3,(H2,18,20,22,24)(H2,21,23,27,28)/b12-5-. The zero-order valence-corrected chi connectivity index (χ0v) is 15.4. The second-order valence-electron chi connectivity index (χ2n) is 6.87. The number of fused-ring (bicyclic) bond motifs is 1. The van der Waals surface area contributed by atoms with Crippen LogP contribution in [0.25, 0.3) is 11.7 Å². The van der Waals surface area contributed by atoms with Gasteiger partial charge in [-0.3, -0.25) is 10.1 Å². The zero-order chi connectivity index (χ0) is 20.0. The predicted octanol–water partition coefficient (Wildman–Crippen LogP) is 0.787. The van der Waals surface area contributed by atoms with Gasteiger partial charge in [-0.25, -0.2) is 4.79 Å². The number of nitrogens with zero attached hydrogens (tertiary/aromatic N) is 5. The summed E-state index contributed by atoms with van der Waals surface area (Å²) in [6.07, 6.45) is 5.23. The van der Waals surface area contributed by atoms with Crippen LogP contribution < -0.4 is 21.3 Å². The van der Waals surface area contributed by atoms with Crippen LogP contribution in [0.1, 0.15) is 29.9 Å². The Morgan fingerprint density at radius 1 is 1.31 bits per heavy atom. The summed E-state index contributed by atoms with van der Waals surface area (Å²) < 4.78 is 6.64. The summed E-state index contributed by atoms with van der Waals surface area (Å²) in [5.74, 6) is 1.14. The van der Waals surface area contributed by atoms with Crippen LogP contribution in [0.15, 0.2) is 22.5 Å². The molecule has 12 nitrogen and oxygen atoms in total. The summed E-state index contributed by atoms with van der Waals surface area (Å²) in [5, 5.41) is 19.4. The van der Waals surface area contributed by atoms with E-state index < -0.39 is 11.9 Å². The molecular weight excluding hydrogens is 378 g/mol. The largest absolute Gasteiger partial charge is 0.361 e. The van der Waals surface area contributed by atoms with Crippen LogP contribution in [-0.4, -0.2) is 42.7 Å². The van der Waals surface area contributed by atoms with Crippen LogP contribution in [0.2, 0.25) is 0 Å². The van der Waals surface area contributed by atoms with Crippen molar-refractivity contribution in [2.75, 3.05) is 10.6 Å². The molecule has 0 radical (unpaired) electrons. The molecule has 2 fully saturated rings. The molecule has 2 aliphatic rings. The van der Waals surface area contributed by atoms with Crippen molar-refractivity contribution in [3.05, 3.63) is 35.0 Å². The normalized spacial score (nSPS) is 17.6. The first-order chi connectivity index (χ1) is 14.0. The molecule has 148 valence electrons. The van der Waals surface area contributed by atoms with Crippen molar-refractivity contribution >= 4 is 35.6 Å². The number of carbonyl (C=O) groups is 2. The van der Waals surface area contributed by atoms with E-state index in [-0.39, 0.29) is 5.70 Å². The van der Waals surface area contributed by atoms with Crippen molar-refractivity contribution < 1.29 is 14.1 Å². The quantitative estimate of drug-likeness (QED) is 0.350. The molecule has 1 aliphatic carbocycles. The zero-order valence-electron chi connectivity index (χ0n) is 15.4. The molecule has 0 unspecified atom stereocenters. The Labute approximate surface area is 163 Å². The first-order valence-corrected chi connectivity index (χ1v) is 9.07. The van der Waals surface area contributed by atoms with Gasteiger partial charge in [0.15, 0.2) is 5.65 Å². The number of amides is 3. The third-order valence-corrected chi connectivity index (χ3v) is 4.43. The molecule has 4 heterocycles. The lowest BCUT2D eigenvalue weighted by molar-refractivity contribution is -0.115. The van der Waals surface area contributed by atoms with E-state index in [1.807, 2.05) is 13.0 Å². The Kier molecular flexibility index (Phi) is 3.89. The van der Waals surface area contributed by atoms with Crippen molar-refractivity contribution in [3.63, 3.8) is 0 Å². The molecule has 0 spiro atoms. The lowest BCUT2D eigenvalue weighted by Crippen LogP contribution is -2.22. The highest BCUT2D eigenvalue weighted by Gasteiger charge is 2.26. The van der Waals surface area contributed by atoms with Crippen molar-refractivity contribution in [1.29, 1.82) is 0 Å². The average molecular weight is 395 g/mol. The first-order valence-electron chi connectivity index (χ1n) is 9.07. The van der Waals surface area contributed by atoms with E-state index in [9.17, 15) is 9.59 Å². The van der Waals surface area contributed by atoms with Gasteiger partial charge in [-0.15, -0.1) is 0 Å². The maximum absolute atomic E-state index is 11.8. The Morgan fingerprint density at radius 2 is 2.17 bits per heavy atom. The Balaban J connectivity index is 1.50. The molecule has 4 N–H and O–H groups in total. The molecule has 1 saturated carbocycles. The molecule has 12 heteroatoms. The molecule has 1 saturated heterocycles. The third kappa shape index (κ3) is 3.47. The minimum absolute atomic E-state index is 0.132. The number of anilines is 2. The summed E-state index contributed by atoms with van der Waals surface area (Å²) >= 11 is 0. The molecule has 0 atom stereocenters. The van der Waals surface area contributed by atoms with Crippen LogP contribution in [0, 0.1) is 6.92 Å². The van der Waals surface area contributed by atoms with Gasteiger partial charge in [-0.2, -0.15) is 19.6 Å². The summed E-state index contributed by atoms with van der Waals surface area (Å²) in [6, 6.07) is 1.61. The first kappa shape index (κ1) is 17.2. The van der Waals surface area contributed by atoms with Crippen LogP contribution in [0.5, 0.6) is 0 Å². The Bertz CT molecular complexity index is 1160. The number of urea groups is 1. The SMILES string of the molecule is Cc1cc(CNc2nc(NC3CC3)n3ncc(/C=C4\NC(=O)NC4=O)c3n2)no1. The second kappa shape index (κ2) is 6.58. The van der Waals surface area contributed by atoms with Gasteiger partial charge in [0.1, 0.15) is 17.2 Å². The van der Waals surface area contributed by atoms with Gasteiger partial charge < -0.3 is 20.5 Å². The number of carbonyl (C=O) groups excluding carboxylic acids is 2. The van der Waals surface area contributed by atoms with E-state index in [0.29, 0.717) is 35.7 Å². The van der Waals surface area contributed by atoms with Gasteiger partial charge in [-0.1, -0.05) is 5.16 Å². The monoisotopic (exact) mass is 395 g/mol. The fourth-order valence-electron chi connectivity index (χ4n) is 2.89. The van der Waals surface area contributed by atoms with Crippen molar-refractivity contribution in [3.8, 4) is 0 Å². The van der Waals surface area contributed by atoms with Gasteiger partial charge in [0.2, 0.25) is 11.9 Å². The molecular formula is C17H17N9O3. The van der Waals surface area contributed by atoms with Crippen LogP contribution >= 0.6 is 0 Å². The predicted molar refractivity (Wildman–Crippen MR) is 101 cm³/mol. The summed E-state index contributed by atoms with van der Waals surface area (Å²) in [7, 11) is 0. The molecule has 5 rings (SSSR count). The molecule has 3 aromatic rings. The van der Waals surface area contributed by atoms with Crippen molar-refractivity contribution in [2.45, 2.75) is 32.4 Å². The number of hydrogen-bond acceptors (Lipinski definition) is 9. The van der Waals surface area contributed by atoms with Gasteiger partial charge >= 0.3 is 6.03 Å². The fraction of sp³-hybridized carbons (Fsp3) is 0.294. The Morgan fingerprint density at radius 3 is 2.86 bits per heavy atom.